The fourth-order valence-corrected chi connectivity index (χ4v) is 8.88. The number of Topliss-reactive ketones (excluding diaryl/α,β-unsaturated/α-hetero) is 2. The number of carbonyl (C=O) groups excluding carboxylic acids is 3. The Hall–Kier alpha value is -5.50. The number of benzene rings is 3. The molecule has 4 aliphatic rings. The molecule has 286 valence electrons. The number of nitrogens with zero attached hydrogens (tertiary/aromatic N) is 3. The Balaban J connectivity index is 1.23. The molecule has 55 heavy (non-hydrogen) atoms. The van der Waals surface area contributed by atoms with Crippen LogP contribution in [0.1, 0.15) is 63.7 Å². The number of amides is 1. The average molecular weight is 749 g/mol. The normalized spacial score (nSPS) is 24.5. The van der Waals surface area contributed by atoms with Gasteiger partial charge in [0.2, 0.25) is 17.5 Å². The van der Waals surface area contributed by atoms with Crippen molar-refractivity contribution in [2.45, 2.75) is 56.6 Å². The van der Waals surface area contributed by atoms with Crippen molar-refractivity contribution in [1.82, 2.24) is 15.0 Å². The van der Waals surface area contributed by atoms with E-state index in [-0.39, 0.29) is 77.8 Å². The summed E-state index contributed by atoms with van der Waals surface area (Å²) in [6.07, 6.45) is 1.93. The molecule has 8 rings (SSSR count). The van der Waals surface area contributed by atoms with E-state index < -0.39 is 40.8 Å². The number of methoxy groups -OCH3 is 1. The molecule has 5 atom stereocenters. The molecule has 13 heteroatoms. The second kappa shape index (κ2) is 14.3. The lowest BCUT2D eigenvalue weighted by Crippen LogP contribution is -2.63. The van der Waals surface area contributed by atoms with Crippen LogP contribution < -0.4 is 19.5 Å². The van der Waals surface area contributed by atoms with Crippen molar-refractivity contribution in [3.63, 3.8) is 0 Å². The summed E-state index contributed by atoms with van der Waals surface area (Å²) in [6.45, 7) is 0.945. The Morgan fingerprint density at radius 3 is 2.31 bits per heavy atom. The van der Waals surface area contributed by atoms with Crippen molar-refractivity contribution in [3.8, 4) is 17.4 Å². The third-order valence-electron chi connectivity index (χ3n) is 11.6. The summed E-state index contributed by atoms with van der Waals surface area (Å²) >= 11 is 0. The number of likely N-dealkylation sites (tertiary alicyclic amines) is 1. The summed E-state index contributed by atoms with van der Waals surface area (Å²) in [5.74, 6) is -3.43. The van der Waals surface area contributed by atoms with Gasteiger partial charge in [-0.1, -0.05) is 60.7 Å². The third-order valence-corrected chi connectivity index (χ3v) is 11.6. The van der Waals surface area contributed by atoms with E-state index in [0.29, 0.717) is 17.7 Å². The van der Waals surface area contributed by atoms with Gasteiger partial charge in [0, 0.05) is 23.1 Å². The molecule has 3 aromatic carbocycles. The average Bonchev–Trinajstić information content (AvgIpc) is 3.81. The summed E-state index contributed by atoms with van der Waals surface area (Å²) in [6, 6.07) is 19.3. The Kier molecular flexibility index (Phi) is 9.48. The van der Waals surface area contributed by atoms with Gasteiger partial charge in [-0.3, -0.25) is 24.2 Å². The van der Waals surface area contributed by atoms with Crippen LogP contribution in [-0.4, -0.2) is 89.1 Å². The molecular weight excluding hydrogens is 704 g/mol. The SMILES string of the molecule is COc1cc(NC(=O)[C@@H]2CCCN2C)c(OCc2ccccc2)c2c1C[C@H]1C[C@H]3[C@H](N(C)C)c4onc(OCc5ccccc5)c4C(=O)[C@@]3(O)C(=O)C1=C2O. The third kappa shape index (κ3) is 6.06. The minimum absolute atomic E-state index is 0.0732. The van der Waals surface area contributed by atoms with E-state index >= 15 is 0 Å². The van der Waals surface area contributed by atoms with Crippen molar-refractivity contribution in [3.05, 3.63) is 106 Å². The van der Waals surface area contributed by atoms with Crippen LogP contribution in [-0.2, 0) is 29.2 Å². The van der Waals surface area contributed by atoms with Gasteiger partial charge in [0.15, 0.2) is 17.1 Å². The highest BCUT2D eigenvalue weighted by Crippen LogP contribution is 2.57. The van der Waals surface area contributed by atoms with Crippen molar-refractivity contribution >= 4 is 28.9 Å². The summed E-state index contributed by atoms with van der Waals surface area (Å²) in [4.78, 5) is 46.9. The first kappa shape index (κ1) is 36.5. The van der Waals surface area contributed by atoms with Gasteiger partial charge in [0.25, 0.3) is 5.88 Å². The fraction of sp³-hybridized carbons (Fsp3) is 0.381. The smallest absolute Gasteiger partial charge is 0.265 e. The number of aromatic nitrogens is 1. The van der Waals surface area contributed by atoms with Crippen LogP contribution in [0.15, 0.2) is 76.8 Å². The van der Waals surface area contributed by atoms with Crippen LogP contribution in [0.25, 0.3) is 5.76 Å². The van der Waals surface area contributed by atoms with Crippen molar-refractivity contribution < 1.29 is 43.3 Å². The molecule has 0 bridgehead atoms. The molecule has 3 aliphatic carbocycles. The fourth-order valence-electron chi connectivity index (χ4n) is 8.88. The molecule has 4 aromatic rings. The first-order valence-electron chi connectivity index (χ1n) is 18.5. The zero-order valence-corrected chi connectivity index (χ0v) is 31.2. The lowest BCUT2D eigenvalue weighted by molar-refractivity contribution is -0.142. The monoisotopic (exact) mass is 748 g/mol. The number of likely N-dealkylation sites (N-methyl/N-ethyl adjacent to an activating group) is 1. The van der Waals surface area contributed by atoms with E-state index in [0.717, 1.165) is 24.1 Å². The molecule has 2 heterocycles. The molecular formula is C42H44N4O9. The number of ether oxygens (including phenoxy) is 3. The highest BCUT2D eigenvalue weighted by atomic mass is 16.5. The van der Waals surface area contributed by atoms with Crippen molar-refractivity contribution in [1.29, 1.82) is 0 Å². The van der Waals surface area contributed by atoms with Crippen molar-refractivity contribution in [2.75, 3.05) is 40.1 Å². The molecule has 0 unspecified atom stereocenters. The van der Waals surface area contributed by atoms with Crippen molar-refractivity contribution in [2.24, 2.45) is 11.8 Å². The molecule has 1 amide bonds. The largest absolute Gasteiger partial charge is 0.507 e. The second-order valence-electron chi connectivity index (χ2n) is 15.1. The number of fused-ring (bicyclic) bond motifs is 4. The summed E-state index contributed by atoms with van der Waals surface area (Å²) < 4.78 is 24.1. The number of anilines is 1. The van der Waals surface area contributed by atoms with Gasteiger partial charge in [0.05, 0.1) is 30.4 Å². The predicted octanol–water partition coefficient (Wildman–Crippen LogP) is 5.13. The lowest BCUT2D eigenvalue weighted by Gasteiger charge is -2.49. The maximum atomic E-state index is 14.9. The maximum Gasteiger partial charge on any atom is 0.265 e. The van der Waals surface area contributed by atoms with Crippen LogP contribution >= 0.6 is 0 Å². The van der Waals surface area contributed by atoms with Crippen LogP contribution in [0.5, 0.6) is 17.4 Å². The summed E-state index contributed by atoms with van der Waals surface area (Å²) in [7, 11) is 6.95. The Bertz CT molecular complexity index is 2180. The van der Waals surface area contributed by atoms with Gasteiger partial charge >= 0.3 is 0 Å². The first-order chi connectivity index (χ1) is 26.5. The number of hydrogen-bond acceptors (Lipinski definition) is 12. The zero-order chi connectivity index (χ0) is 38.6. The van der Waals surface area contributed by atoms with Gasteiger partial charge in [-0.15, -0.1) is 0 Å². The maximum absolute atomic E-state index is 14.9. The molecule has 13 nitrogen and oxygen atoms in total. The van der Waals surface area contributed by atoms with E-state index in [2.05, 4.69) is 10.5 Å². The van der Waals surface area contributed by atoms with Gasteiger partial charge in [-0.2, -0.15) is 0 Å². The van der Waals surface area contributed by atoms with Gasteiger partial charge in [0.1, 0.15) is 30.3 Å². The standard InChI is InChI=1S/C42H44N4O9/c1-45(2)34-27-19-25-18-26-30(52-4)20-28(43-40(50)29-16-11-17-46(29)3)36(53-21-23-12-7-5-8-13-23)32(26)35(47)31(25)38(48)42(27,51)39(49)33-37(34)55-44-41(33)54-22-24-14-9-6-10-15-24/h5-10,12-15,20,25,27,29,34,47,51H,11,16-19,21-22H2,1-4H3,(H,43,50)/t25-,27-,29-,34-,42-/m0/s1. The van der Waals surface area contributed by atoms with Crippen LogP contribution in [0, 0.1) is 11.8 Å². The molecule has 1 saturated carbocycles. The molecule has 3 N–H and O–H groups in total. The zero-order valence-electron chi connectivity index (χ0n) is 31.2. The number of hydrogen-bond donors (Lipinski definition) is 3. The number of aliphatic hydroxyl groups is 2. The van der Waals surface area contributed by atoms with Crippen LogP contribution in [0.2, 0.25) is 0 Å². The second-order valence-corrected chi connectivity index (χ2v) is 15.1. The van der Waals surface area contributed by atoms with E-state index in [4.69, 9.17) is 18.7 Å². The molecule has 1 aromatic heterocycles. The topological polar surface area (TPSA) is 164 Å². The lowest BCUT2D eigenvalue weighted by atomic mass is 9.57. The Morgan fingerprint density at radius 2 is 1.69 bits per heavy atom. The quantitative estimate of drug-likeness (QED) is 0.184. The number of nitrogens with one attached hydrogen (secondary N) is 1. The molecule has 0 radical (unpaired) electrons. The minimum atomic E-state index is -2.58. The number of ketones is 2. The van der Waals surface area contributed by atoms with E-state index in [1.807, 2.05) is 72.6 Å². The Labute approximate surface area is 318 Å². The highest BCUT2D eigenvalue weighted by molar-refractivity contribution is 6.26. The summed E-state index contributed by atoms with van der Waals surface area (Å²) in [5, 5.41) is 32.0. The minimum Gasteiger partial charge on any atom is -0.507 e. The summed E-state index contributed by atoms with van der Waals surface area (Å²) in [5.41, 5.74) is -0.113. The van der Waals surface area contributed by atoms with Crippen LogP contribution in [0.3, 0.4) is 0 Å². The van der Waals surface area contributed by atoms with E-state index in [9.17, 15) is 24.6 Å². The Morgan fingerprint density at radius 1 is 1.02 bits per heavy atom. The van der Waals surface area contributed by atoms with Gasteiger partial charge < -0.3 is 34.3 Å². The molecule has 0 spiro atoms. The number of carbonyl (C=O) groups is 3. The van der Waals surface area contributed by atoms with E-state index in [1.165, 1.54) is 7.11 Å². The number of rotatable bonds is 10. The molecule has 1 aliphatic heterocycles. The van der Waals surface area contributed by atoms with Crippen LogP contribution in [0.4, 0.5) is 5.69 Å². The van der Waals surface area contributed by atoms with Gasteiger partial charge in [-0.05, 0) is 75.6 Å². The molecule has 2 fully saturated rings. The van der Waals surface area contributed by atoms with E-state index in [1.54, 1.807) is 25.1 Å². The highest BCUT2D eigenvalue weighted by Gasteiger charge is 2.65. The van der Waals surface area contributed by atoms with Gasteiger partial charge in [-0.25, -0.2) is 0 Å². The predicted molar refractivity (Wildman–Crippen MR) is 201 cm³/mol. The molecule has 1 saturated heterocycles. The first-order valence-corrected chi connectivity index (χ1v) is 18.5. The number of aliphatic hydroxyl groups excluding tert-OH is 1.